The van der Waals surface area contributed by atoms with Gasteiger partial charge in [0, 0.05) is 27.2 Å². The topological polar surface area (TPSA) is 45.7 Å². The number of benzene rings is 1. The molecule has 2 N–H and O–H groups in total. The third-order valence-electron chi connectivity index (χ3n) is 4.21. The molecule has 0 saturated carbocycles. The van der Waals surface area contributed by atoms with Crippen LogP contribution in [0.5, 0.6) is 0 Å². The van der Waals surface area contributed by atoms with Gasteiger partial charge in [0.05, 0.1) is 6.61 Å². The van der Waals surface area contributed by atoms with Crippen LogP contribution < -0.4 is 10.6 Å². The van der Waals surface area contributed by atoms with Crippen molar-refractivity contribution >= 4 is 29.9 Å². The van der Waals surface area contributed by atoms with Crippen molar-refractivity contribution in [2.75, 3.05) is 20.7 Å². The third kappa shape index (κ3) is 7.21. The van der Waals surface area contributed by atoms with Crippen LogP contribution in [0.15, 0.2) is 40.9 Å². The van der Waals surface area contributed by atoms with E-state index in [4.69, 9.17) is 4.74 Å². The van der Waals surface area contributed by atoms with Gasteiger partial charge in [-0.15, -0.1) is 24.0 Å². The van der Waals surface area contributed by atoms with Crippen molar-refractivity contribution in [1.29, 1.82) is 0 Å². The van der Waals surface area contributed by atoms with E-state index in [1.807, 2.05) is 13.1 Å². The molecule has 0 aliphatic heterocycles. The van der Waals surface area contributed by atoms with E-state index in [2.05, 4.69) is 39.9 Å². The van der Waals surface area contributed by atoms with E-state index in [0.29, 0.717) is 6.61 Å². The van der Waals surface area contributed by atoms with Crippen molar-refractivity contribution in [2.45, 2.75) is 45.3 Å². The molecule has 134 valence electrons. The Morgan fingerprint density at radius 2 is 1.96 bits per heavy atom. The van der Waals surface area contributed by atoms with Gasteiger partial charge in [0.25, 0.3) is 0 Å². The van der Waals surface area contributed by atoms with Crippen LogP contribution in [-0.4, -0.2) is 26.7 Å². The summed E-state index contributed by atoms with van der Waals surface area (Å²) in [5, 5.41) is 6.79. The molecule has 4 nitrogen and oxygen atoms in total. The van der Waals surface area contributed by atoms with Gasteiger partial charge in [0.1, 0.15) is 0 Å². The van der Waals surface area contributed by atoms with Gasteiger partial charge >= 0.3 is 0 Å². The second-order valence-corrected chi connectivity index (χ2v) is 5.91. The van der Waals surface area contributed by atoms with Gasteiger partial charge in [-0.1, -0.05) is 35.9 Å². The Labute approximate surface area is 163 Å². The number of hydrogen-bond acceptors (Lipinski definition) is 2. The zero-order valence-corrected chi connectivity index (χ0v) is 17.1. The fourth-order valence-corrected chi connectivity index (χ4v) is 2.90. The summed E-state index contributed by atoms with van der Waals surface area (Å²) in [7, 11) is 3.54. The third-order valence-corrected chi connectivity index (χ3v) is 4.21. The summed E-state index contributed by atoms with van der Waals surface area (Å²) < 4.78 is 5.25. The van der Waals surface area contributed by atoms with E-state index in [1.54, 1.807) is 12.7 Å². The first-order chi connectivity index (χ1) is 11.3. The summed E-state index contributed by atoms with van der Waals surface area (Å²) in [5.74, 6) is 0.855. The first kappa shape index (κ1) is 21.0. The first-order valence-corrected chi connectivity index (χ1v) is 8.51. The predicted molar refractivity (Wildman–Crippen MR) is 112 cm³/mol. The Morgan fingerprint density at radius 1 is 1.17 bits per heavy atom. The standard InChI is InChI=1S/C19H29N3O.HI/c1-20-19(21-13-12-16-8-4-3-5-9-16)22-14-17-10-6-7-11-18(17)15-23-2;/h6-8,10-11H,3-5,9,12-15H2,1-2H3,(H2,20,21,22);1H. The van der Waals surface area contributed by atoms with Crippen molar-refractivity contribution in [3.8, 4) is 0 Å². The zero-order valence-electron chi connectivity index (χ0n) is 14.8. The van der Waals surface area contributed by atoms with Crippen LogP contribution in [-0.2, 0) is 17.9 Å². The fraction of sp³-hybridized carbons (Fsp3) is 0.526. The summed E-state index contributed by atoms with van der Waals surface area (Å²) in [4.78, 5) is 4.31. The summed E-state index contributed by atoms with van der Waals surface area (Å²) >= 11 is 0. The van der Waals surface area contributed by atoms with Crippen LogP contribution in [0.3, 0.4) is 0 Å². The lowest BCUT2D eigenvalue weighted by atomic mass is 9.97. The molecule has 0 unspecified atom stereocenters. The molecule has 0 aromatic heterocycles. The number of nitrogens with one attached hydrogen (secondary N) is 2. The van der Waals surface area contributed by atoms with Gasteiger partial charge in [0.2, 0.25) is 0 Å². The van der Waals surface area contributed by atoms with Gasteiger partial charge in [0.15, 0.2) is 5.96 Å². The summed E-state index contributed by atoms with van der Waals surface area (Å²) in [6, 6.07) is 8.33. The summed E-state index contributed by atoms with van der Waals surface area (Å²) in [6.45, 7) is 2.32. The second kappa shape index (κ2) is 12.3. The number of nitrogens with zero attached hydrogens (tertiary/aromatic N) is 1. The number of guanidine groups is 1. The normalized spacial score (nSPS) is 14.6. The van der Waals surface area contributed by atoms with Crippen molar-refractivity contribution in [1.82, 2.24) is 10.6 Å². The Balaban J connectivity index is 0.00000288. The monoisotopic (exact) mass is 443 g/mol. The van der Waals surface area contributed by atoms with Crippen LogP contribution >= 0.6 is 24.0 Å². The van der Waals surface area contributed by atoms with Gasteiger partial charge in [-0.05, 0) is 43.2 Å². The smallest absolute Gasteiger partial charge is 0.191 e. The molecule has 0 spiro atoms. The number of aliphatic imine (C=N–C) groups is 1. The highest BCUT2D eigenvalue weighted by molar-refractivity contribution is 14.0. The van der Waals surface area contributed by atoms with Crippen LogP contribution in [0.1, 0.15) is 43.2 Å². The molecule has 0 bridgehead atoms. The maximum Gasteiger partial charge on any atom is 0.191 e. The number of methoxy groups -OCH3 is 1. The van der Waals surface area contributed by atoms with Gasteiger partial charge < -0.3 is 15.4 Å². The van der Waals surface area contributed by atoms with Gasteiger partial charge in [-0.2, -0.15) is 0 Å². The van der Waals surface area contributed by atoms with E-state index >= 15 is 0 Å². The molecule has 0 saturated heterocycles. The highest BCUT2D eigenvalue weighted by Crippen LogP contribution is 2.19. The van der Waals surface area contributed by atoms with Crippen molar-refractivity contribution in [3.63, 3.8) is 0 Å². The number of halogens is 1. The van der Waals surface area contributed by atoms with Crippen molar-refractivity contribution in [2.24, 2.45) is 4.99 Å². The molecule has 1 aromatic carbocycles. The molecule has 1 aliphatic rings. The maximum atomic E-state index is 5.25. The van der Waals surface area contributed by atoms with Gasteiger partial charge in [-0.25, -0.2) is 0 Å². The number of ether oxygens (including phenoxy) is 1. The molecule has 2 rings (SSSR count). The van der Waals surface area contributed by atoms with E-state index in [-0.39, 0.29) is 24.0 Å². The Morgan fingerprint density at radius 3 is 2.62 bits per heavy atom. The quantitative estimate of drug-likeness (QED) is 0.290. The van der Waals surface area contributed by atoms with E-state index in [0.717, 1.165) is 25.5 Å². The minimum Gasteiger partial charge on any atom is -0.380 e. The molecule has 0 heterocycles. The van der Waals surface area contributed by atoms with Crippen LogP contribution in [0, 0.1) is 0 Å². The number of allylic oxidation sites excluding steroid dienone is 1. The Hall–Kier alpha value is -1.08. The average molecular weight is 443 g/mol. The van der Waals surface area contributed by atoms with Gasteiger partial charge in [-0.3, -0.25) is 4.99 Å². The summed E-state index contributed by atoms with van der Waals surface area (Å²) in [6.07, 6.45) is 8.72. The number of hydrogen-bond donors (Lipinski definition) is 2. The Kier molecular flexibility index (Phi) is 10.7. The average Bonchev–Trinajstić information content (AvgIpc) is 2.60. The fourth-order valence-electron chi connectivity index (χ4n) is 2.90. The molecule has 5 heteroatoms. The molecule has 0 fully saturated rings. The molecular formula is C19H30IN3O. The molecule has 0 atom stereocenters. The van der Waals surface area contributed by atoms with Crippen molar-refractivity contribution in [3.05, 3.63) is 47.0 Å². The molecule has 1 aromatic rings. The molecule has 0 amide bonds. The SMILES string of the molecule is CN=C(NCCC1=CCCCC1)NCc1ccccc1COC.I. The minimum absolute atomic E-state index is 0. The highest BCUT2D eigenvalue weighted by atomic mass is 127. The molecule has 1 aliphatic carbocycles. The second-order valence-electron chi connectivity index (χ2n) is 5.91. The van der Waals surface area contributed by atoms with Crippen LogP contribution in [0.25, 0.3) is 0 Å². The summed E-state index contributed by atoms with van der Waals surface area (Å²) in [5.41, 5.74) is 4.04. The Bertz CT molecular complexity index is 543. The first-order valence-electron chi connectivity index (χ1n) is 8.51. The molecule has 0 radical (unpaired) electrons. The number of rotatable bonds is 7. The maximum absolute atomic E-state index is 5.25. The zero-order chi connectivity index (χ0) is 16.3. The van der Waals surface area contributed by atoms with E-state index < -0.39 is 0 Å². The lowest BCUT2D eigenvalue weighted by molar-refractivity contribution is 0.184. The lowest BCUT2D eigenvalue weighted by Crippen LogP contribution is -2.37. The highest BCUT2D eigenvalue weighted by Gasteiger charge is 2.05. The van der Waals surface area contributed by atoms with E-state index in [1.165, 1.54) is 36.8 Å². The predicted octanol–water partition coefficient (Wildman–Crippen LogP) is 4.01. The molecule has 24 heavy (non-hydrogen) atoms. The van der Waals surface area contributed by atoms with Crippen molar-refractivity contribution < 1.29 is 4.74 Å². The largest absolute Gasteiger partial charge is 0.380 e. The lowest BCUT2D eigenvalue weighted by Gasteiger charge is -2.16. The van der Waals surface area contributed by atoms with Crippen LogP contribution in [0.4, 0.5) is 0 Å². The van der Waals surface area contributed by atoms with Crippen LogP contribution in [0.2, 0.25) is 0 Å². The van der Waals surface area contributed by atoms with E-state index in [9.17, 15) is 0 Å². The molecular weight excluding hydrogens is 413 g/mol. The minimum atomic E-state index is 0.